The number of rotatable bonds is 5. The van der Waals surface area contributed by atoms with Gasteiger partial charge in [0.1, 0.15) is 0 Å². The lowest BCUT2D eigenvalue weighted by molar-refractivity contribution is 0.0784. The van der Waals surface area contributed by atoms with E-state index in [1.807, 2.05) is 0 Å². The first-order chi connectivity index (χ1) is 10.9. The number of benzene rings is 1. The third-order valence-electron chi connectivity index (χ3n) is 3.58. The highest BCUT2D eigenvalue weighted by Crippen LogP contribution is 2.14. The number of hydrogen-bond donors (Lipinski definition) is 0. The quantitative estimate of drug-likeness (QED) is 0.845. The second-order valence-corrected chi connectivity index (χ2v) is 5.90. The Kier molecular flexibility index (Phi) is 5.55. The Hall–Kier alpha value is -2.14. The van der Waals surface area contributed by atoms with Crippen molar-refractivity contribution in [3.8, 4) is 5.69 Å². The van der Waals surface area contributed by atoms with Gasteiger partial charge in [-0.3, -0.25) is 9.59 Å². The molecule has 0 aliphatic rings. The molecule has 1 heterocycles. The predicted octanol–water partition coefficient (Wildman–Crippen LogP) is 3.07. The molecule has 0 saturated heterocycles. The lowest BCUT2D eigenvalue weighted by Gasteiger charge is -2.17. The van der Waals surface area contributed by atoms with Crippen LogP contribution in [0, 0.1) is 6.92 Å². The normalized spacial score (nSPS) is 10.6. The van der Waals surface area contributed by atoms with Crippen LogP contribution in [0.3, 0.4) is 0 Å². The van der Waals surface area contributed by atoms with Crippen LogP contribution in [-0.4, -0.2) is 34.2 Å². The first-order valence-electron chi connectivity index (χ1n) is 7.56. The van der Waals surface area contributed by atoms with Crippen LogP contribution in [0.2, 0.25) is 5.02 Å². The standard InChI is InChI=1S/C17H20ClN3O2/c1-4-5-10-20(3)17(23)16-15(22)11-12(2)21(19-16)14-8-6-13(18)7-9-14/h6-9,11H,4-5,10H2,1-3H3. The van der Waals surface area contributed by atoms with Crippen molar-refractivity contribution in [3.05, 3.63) is 57.0 Å². The number of halogens is 1. The summed E-state index contributed by atoms with van der Waals surface area (Å²) in [7, 11) is 1.69. The minimum absolute atomic E-state index is 0.0656. The highest BCUT2D eigenvalue weighted by atomic mass is 35.5. The van der Waals surface area contributed by atoms with Gasteiger partial charge in [0, 0.05) is 30.4 Å². The Bertz CT molecular complexity index is 753. The van der Waals surface area contributed by atoms with Crippen molar-refractivity contribution in [3.63, 3.8) is 0 Å². The van der Waals surface area contributed by atoms with Crippen molar-refractivity contribution in [2.45, 2.75) is 26.7 Å². The molecule has 2 rings (SSSR count). The van der Waals surface area contributed by atoms with E-state index in [0.29, 0.717) is 17.3 Å². The van der Waals surface area contributed by atoms with E-state index in [1.54, 1.807) is 42.9 Å². The second-order valence-electron chi connectivity index (χ2n) is 5.47. The lowest BCUT2D eigenvalue weighted by atomic mass is 10.2. The maximum absolute atomic E-state index is 12.4. The Labute approximate surface area is 140 Å². The van der Waals surface area contributed by atoms with Crippen LogP contribution in [0.15, 0.2) is 35.1 Å². The Balaban J connectivity index is 2.42. The van der Waals surface area contributed by atoms with Gasteiger partial charge in [-0.1, -0.05) is 24.9 Å². The minimum atomic E-state index is -0.360. The SMILES string of the molecule is CCCCN(C)C(=O)c1nn(-c2ccc(Cl)cc2)c(C)cc1=O. The molecule has 0 fully saturated rings. The maximum Gasteiger partial charge on any atom is 0.278 e. The summed E-state index contributed by atoms with van der Waals surface area (Å²) in [5.74, 6) is -0.355. The molecule has 0 unspecified atom stereocenters. The topological polar surface area (TPSA) is 55.2 Å². The van der Waals surface area contributed by atoms with Crippen molar-refractivity contribution >= 4 is 17.5 Å². The molecule has 5 nitrogen and oxygen atoms in total. The number of amides is 1. The molecule has 0 aliphatic carbocycles. The second kappa shape index (κ2) is 7.42. The molecular weight excluding hydrogens is 314 g/mol. The number of unbranched alkanes of at least 4 members (excludes halogenated alkanes) is 1. The van der Waals surface area contributed by atoms with Gasteiger partial charge in [-0.25, -0.2) is 4.68 Å². The van der Waals surface area contributed by atoms with Crippen LogP contribution in [0.4, 0.5) is 0 Å². The summed E-state index contributed by atoms with van der Waals surface area (Å²) < 4.78 is 1.58. The molecule has 1 aromatic heterocycles. The van der Waals surface area contributed by atoms with Crippen molar-refractivity contribution in [2.75, 3.05) is 13.6 Å². The van der Waals surface area contributed by atoms with Crippen molar-refractivity contribution in [1.82, 2.24) is 14.7 Å². The number of aryl methyl sites for hydroxylation is 1. The summed E-state index contributed by atoms with van der Waals surface area (Å²) in [5, 5.41) is 4.88. The smallest absolute Gasteiger partial charge is 0.278 e. The van der Waals surface area contributed by atoms with Crippen LogP contribution >= 0.6 is 11.6 Å². The molecule has 0 N–H and O–H groups in total. The number of aromatic nitrogens is 2. The summed E-state index contributed by atoms with van der Waals surface area (Å²) >= 11 is 5.90. The van der Waals surface area contributed by atoms with Crippen LogP contribution in [-0.2, 0) is 0 Å². The number of hydrogen-bond acceptors (Lipinski definition) is 3. The van der Waals surface area contributed by atoms with Gasteiger partial charge in [0.2, 0.25) is 5.43 Å². The van der Waals surface area contributed by atoms with Gasteiger partial charge in [0.15, 0.2) is 5.69 Å². The van der Waals surface area contributed by atoms with Crippen molar-refractivity contribution < 1.29 is 4.79 Å². The highest BCUT2D eigenvalue weighted by molar-refractivity contribution is 6.30. The summed E-state index contributed by atoms with van der Waals surface area (Å²) in [6, 6.07) is 8.50. The zero-order valence-electron chi connectivity index (χ0n) is 13.5. The molecule has 6 heteroatoms. The Morgan fingerprint density at radius 3 is 2.57 bits per heavy atom. The summed E-state index contributed by atoms with van der Waals surface area (Å²) in [6.07, 6.45) is 1.87. The lowest BCUT2D eigenvalue weighted by Crippen LogP contribution is -2.34. The fraction of sp³-hybridized carbons (Fsp3) is 0.353. The average molecular weight is 334 g/mol. The molecule has 0 radical (unpaired) electrons. The van der Waals surface area contributed by atoms with E-state index in [1.165, 1.54) is 11.0 Å². The monoisotopic (exact) mass is 333 g/mol. The molecular formula is C17H20ClN3O2. The van der Waals surface area contributed by atoms with E-state index in [9.17, 15) is 9.59 Å². The molecule has 1 amide bonds. The molecule has 23 heavy (non-hydrogen) atoms. The molecule has 0 atom stereocenters. The molecule has 0 aliphatic heterocycles. The number of carbonyl (C=O) groups is 1. The molecule has 0 saturated carbocycles. The minimum Gasteiger partial charge on any atom is -0.340 e. The van der Waals surface area contributed by atoms with E-state index in [0.717, 1.165) is 18.5 Å². The van der Waals surface area contributed by atoms with Gasteiger partial charge in [-0.2, -0.15) is 5.10 Å². The van der Waals surface area contributed by atoms with Gasteiger partial charge in [0.25, 0.3) is 5.91 Å². The van der Waals surface area contributed by atoms with E-state index in [-0.39, 0.29) is 17.0 Å². The third kappa shape index (κ3) is 3.99. The van der Waals surface area contributed by atoms with Crippen LogP contribution in [0.25, 0.3) is 5.69 Å². The van der Waals surface area contributed by atoms with Crippen LogP contribution in [0.5, 0.6) is 0 Å². The van der Waals surface area contributed by atoms with E-state index in [4.69, 9.17) is 11.6 Å². The summed E-state index contributed by atoms with van der Waals surface area (Å²) in [5.41, 5.74) is 0.979. The van der Waals surface area contributed by atoms with Crippen molar-refractivity contribution in [2.24, 2.45) is 0 Å². The van der Waals surface area contributed by atoms with E-state index >= 15 is 0 Å². The van der Waals surface area contributed by atoms with Gasteiger partial charge < -0.3 is 4.90 Å². The molecule has 122 valence electrons. The number of carbonyl (C=O) groups excluding carboxylic acids is 1. The van der Waals surface area contributed by atoms with E-state index in [2.05, 4.69) is 12.0 Å². The zero-order chi connectivity index (χ0) is 17.0. The largest absolute Gasteiger partial charge is 0.340 e. The first-order valence-corrected chi connectivity index (χ1v) is 7.94. The fourth-order valence-corrected chi connectivity index (χ4v) is 2.34. The highest BCUT2D eigenvalue weighted by Gasteiger charge is 2.18. The third-order valence-corrected chi connectivity index (χ3v) is 3.83. The summed E-state index contributed by atoms with van der Waals surface area (Å²) in [4.78, 5) is 26.1. The Morgan fingerprint density at radius 1 is 1.30 bits per heavy atom. The predicted molar refractivity (Wildman–Crippen MR) is 91.4 cm³/mol. The van der Waals surface area contributed by atoms with E-state index < -0.39 is 0 Å². The Morgan fingerprint density at radius 2 is 1.96 bits per heavy atom. The molecule has 0 spiro atoms. The molecule has 1 aromatic carbocycles. The van der Waals surface area contributed by atoms with Gasteiger partial charge >= 0.3 is 0 Å². The van der Waals surface area contributed by atoms with Gasteiger partial charge in [-0.05, 0) is 37.6 Å². The molecule has 2 aromatic rings. The maximum atomic E-state index is 12.4. The van der Waals surface area contributed by atoms with Crippen LogP contribution < -0.4 is 5.43 Å². The first kappa shape index (κ1) is 17.2. The van der Waals surface area contributed by atoms with Gasteiger partial charge in [-0.15, -0.1) is 0 Å². The van der Waals surface area contributed by atoms with Crippen LogP contribution in [0.1, 0.15) is 35.9 Å². The summed E-state index contributed by atoms with van der Waals surface area (Å²) in [6.45, 7) is 4.43. The zero-order valence-corrected chi connectivity index (χ0v) is 14.3. The number of nitrogens with zero attached hydrogens (tertiary/aromatic N) is 3. The van der Waals surface area contributed by atoms with Crippen molar-refractivity contribution in [1.29, 1.82) is 0 Å². The average Bonchev–Trinajstić information content (AvgIpc) is 2.53. The fourth-order valence-electron chi connectivity index (χ4n) is 2.22. The van der Waals surface area contributed by atoms with Gasteiger partial charge in [0.05, 0.1) is 5.69 Å². The molecule has 0 bridgehead atoms.